The third kappa shape index (κ3) is 2.80. The molecule has 2 atom stereocenters. The van der Waals surface area contributed by atoms with Crippen molar-refractivity contribution >= 4 is 23.2 Å². The van der Waals surface area contributed by atoms with E-state index in [-0.39, 0.29) is 23.9 Å². The monoisotopic (exact) mass is 337 g/mol. The van der Waals surface area contributed by atoms with Gasteiger partial charge in [0.25, 0.3) is 5.91 Å². The van der Waals surface area contributed by atoms with Gasteiger partial charge in [-0.1, -0.05) is 12.1 Å². The van der Waals surface area contributed by atoms with Gasteiger partial charge < -0.3 is 20.3 Å². The van der Waals surface area contributed by atoms with Gasteiger partial charge in [0.1, 0.15) is 11.8 Å². The number of amides is 2. The van der Waals surface area contributed by atoms with E-state index in [0.717, 1.165) is 11.4 Å². The number of para-hydroxylation sites is 2. The summed E-state index contributed by atoms with van der Waals surface area (Å²) < 4.78 is 5.11. The molecule has 1 fully saturated rings. The van der Waals surface area contributed by atoms with Gasteiger partial charge >= 0.3 is 0 Å². The molecule has 0 radical (unpaired) electrons. The average Bonchev–Trinajstić information content (AvgIpc) is 3.06. The Kier molecular flexibility index (Phi) is 3.80. The van der Waals surface area contributed by atoms with E-state index in [2.05, 4.69) is 15.5 Å². The lowest BCUT2D eigenvalue weighted by atomic mass is 10.1. The Bertz CT molecular complexity index is 819. The second kappa shape index (κ2) is 6.12. The molecule has 0 aromatic heterocycles. The zero-order valence-electron chi connectivity index (χ0n) is 13.9. The third-order valence-electron chi connectivity index (χ3n) is 4.76. The highest BCUT2D eigenvalue weighted by Gasteiger charge is 2.41. The number of hydrogen-bond acceptors (Lipinski definition) is 4. The number of methoxy groups -OCH3 is 1. The second-order valence-electron chi connectivity index (χ2n) is 6.31. The van der Waals surface area contributed by atoms with E-state index in [4.69, 9.17) is 4.74 Å². The highest BCUT2D eigenvalue weighted by atomic mass is 16.5. The van der Waals surface area contributed by atoms with Crippen molar-refractivity contribution in [3.63, 3.8) is 0 Å². The maximum absolute atomic E-state index is 12.5. The summed E-state index contributed by atoms with van der Waals surface area (Å²) in [6.45, 7) is 0.622. The Balaban J connectivity index is 1.49. The normalized spacial score (nSPS) is 21.2. The topological polar surface area (TPSA) is 70.7 Å². The Morgan fingerprint density at radius 1 is 1.20 bits per heavy atom. The predicted octanol–water partition coefficient (Wildman–Crippen LogP) is 2.02. The highest BCUT2D eigenvalue weighted by Crippen LogP contribution is 2.36. The largest absolute Gasteiger partial charge is 0.497 e. The van der Waals surface area contributed by atoms with E-state index in [9.17, 15) is 9.59 Å². The van der Waals surface area contributed by atoms with Crippen molar-refractivity contribution in [2.75, 3.05) is 23.9 Å². The molecule has 2 heterocycles. The van der Waals surface area contributed by atoms with Crippen LogP contribution < -0.4 is 20.3 Å². The van der Waals surface area contributed by atoms with Crippen molar-refractivity contribution in [2.24, 2.45) is 0 Å². The Morgan fingerprint density at radius 3 is 2.72 bits per heavy atom. The van der Waals surface area contributed by atoms with Crippen LogP contribution in [0.15, 0.2) is 48.5 Å². The second-order valence-corrected chi connectivity index (χ2v) is 6.31. The van der Waals surface area contributed by atoms with Crippen LogP contribution in [-0.4, -0.2) is 37.6 Å². The molecule has 6 nitrogen and oxygen atoms in total. The zero-order valence-corrected chi connectivity index (χ0v) is 13.9. The number of hydrogen-bond donors (Lipinski definition) is 2. The highest BCUT2D eigenvalue weighted by molar-refractivity contribution is 6.04. The van der Waals surface area contributed by atoms with Gasteiger partial charge in [-0.25, -0.2) is 0 Å². The summed E-state index contributed by atoms with van der Waals surface area (Å²) in [6, 6.07) is 14.4. The number of carbonyl (C=O) groups excluding carboxylic acids is 2. The summed E-state index contributed by atoms with van der Waals surface area (Å²) in [4.78, 5) is 26.9. The fraction of sp³-hybridized carbons (Fsp3) is 0.263. The summed E-state index contributed by atoms with van der Waals surface area (Å²) >= 11 is 0. The van der Waals surface area contributed by atoms with Crippen molar-refractivity contribution in [2.45, 2.75) is 18.5 Å². The minimum atomic E-state index is -0.240. The molecular formula is C19H19N3O3. The van der Waals surface area contributed by atoms with Crippen molar-refractivity contribution in [3.05, 3.63) is 54.1 Å². The number of nitrogens with zero attached hydrogens (tertiary/aromatic N) is 1. The minimum absolute atomic E-state index is 0.0140. The molecule has 128 valence electrons. The summed E-state index contributed by atoms with van der Waals surface area (Å²) in [5.74, 6) is 0.559. The van der Waals surface area contributed by atoms with Crippen LogP contribution in [0, 0.1) is 0 Å². The predicted molar refractivity (Wildman–Crippen MR) is 95.1 cm³/mol. The molecule has 2 unspecified atom stereocenters. The Morgan fingerprint density at radius 2 is 1.96 bits per heavy atom. The standard InChI is InChI=1S/C19H19N3O3/c1-25-14-8-6-12(7-9-14)18(23)20-13-10-17-19(24)21-15-4-2-3-5-16(15)22(17)11-13/h2-9,13,17H,10-11H2,1H3,(H,20,23)(H,21,24). The number of fused-ring (bicyclic) bond motifs is 3. The molecule has 0 aliphatic carbocycles. The zero-order chi connectivity index (χ0) is 17.4. The van der Waals surface area contributed by atoms with Crippen molar-refractivity contribution in [3.8, 4) is 5.75 Å². The molecule has 4 rings (SSSR count). The molecule has 6 heteroatoms. The van der Waals surface area contributed by atoms with Crippen LogP contribution in [0.5, 0.6) is 5.75 Å². The lowest BCUT2D eigenvalue weighted by Gasteiger charge is -2.32. The van der Waals surface area contributed by atoms with Gasteiger partial charge in [0.15, 0.2) is 0 Å². The van der Waals surface area contributed by atoms with Gasteiger partial charge in [-0.05, 0) is 42.8 Å². The van der Waals surface area contributed by atoms with Crippen molar-refractivity contribution in [1.82, 2.24) is 5.32 Å². The average molecular weight is 337 g/mol. The Labute approximate surface area is 145 Å². The lowest BCUT2D eigenvalue weighted by Crippen LogP contribution is -2.44. The minimum Gasteiger partial charge on any atom is -0.497 e. The molecule has 2 amide bonds. The van der Waals surface area contributed by atoms with E-state index >= 15 is 0 Å². The number of carbonyl (C=O) groups is 2. The smallest absolute Gasteiger partial charge is 0.251 e. The number of ether oxygens (including phenoxy) is 1. The number of rotatable bonds is 3. The molecular weight excluding hydrogens is 318 g/mol. The summed E-state index contributed by atoms with van der Waals surface area (Å²) in [7, 11) is 1.59. The summed E-state index contributed by atoms with van der Waals surface area (Å²) in [6.07, 6.45) is 0.599. The van der Waals surface area contributed by atoms with Crippen LogP contribution in [0.1, 0.15) is 16.8 Å². The molecule has 0 bridgehead atoms. The molecule has 2 aliphatic heterocycles. The number of benzene rings is 2. The first-order valence-electron chi connectivity index (χ1n) is 8.27. The van der Waals surface area contributed by atoms with Crippen LogP contribution in [0.4, 0.5) is 11.4 Å². The van der Waals surface area contributed by atoms with Crippen LogP contribution in [0.2, 0.25) is 0 Å². The number of anilines is 2. The van der Waals surface area contributed by atoms with Gasteiger partial charge in [-0.2, -0.15) is 0 Å². The van der Waals surface area contributed by atoms with Gasteiger partial charge in [0.05, 0.1) is 18.5 Å². The molecule has 2 aromatic carbocycles. The molecule has 2 N–H and O–H groups in total. The fourth-order valence-corrected chi connectivity index (χ4v) is 3.51. The van der Waals surface area contributed by atoms with E-state index < -0.39 is 0 Å². The van der Waals surface area contributed by atoms with Gasteiger partial charge in [-0.3, -0.25) is 9.59 Å². The van der Waals surface area contributed by atoms with Gasteiger partial charge in [-0.15, -0.1) is 0 Å². The summed E-state index contributed by atoms with van der Waals surface area (Å²) in [5, 5.41) is 5.98. The van der Waals surface area contributed by atoms with E-state index in [1.54, 1.807) is 31.4 Å². The maximum Gasteiger partial charge on any atom is 0.251 e. The first-order chi connectivity index (χ1) is 12.2. The number of nitrogens with one attached hydrogen (secondary N) is 2. The van der Waals surface area contributed by atoms with Crippen LogP contribution in [0.25, 0.3) is 0 Å². The van der Waals surface area contributed by atoms with Crippen LogP contribution in [0.3, 0.4) is 0 Å². The fourth-order valence-electron chi connectivity index (χ4n) is 3.51. The van der Waals surface area contributed by atoms with Crippen LogP contribution in [-0.2, 0) is 4.79 Å². The van der Waals surface area contributed by atoms with Crippen molar-refractivity contribution in [1.29, 1.82) is 0 Å². The third-order valence-corrected chi connectivity index (χ3v) is 4.76. The van der Waals surface area contributed by atoms with E-state index in [1.807, 2.05) is 24.3 Å². The quantitative estimate of drug-likeness (QED) is 0.899. The molecule has 2 aromatic rings. The van der Waals surface area contributed by atoms with E-state index in [0.29, 0.717) is 24.3 Å². The SMILES string of the molecule is COc1ccc(C(=O)NC2CC3C(=O)Nc4ccccc4N3C2)cc1. The maximum atomic E-state index is 12.5. The first-order valence-corrected chi connectivity index (χ1v) is 8.27. The summed E-state index contributed by atoms with van der Waals surface area (Å²) in [5.41, 5.74) is 2.41. The molecule has 1 saturated heterocycles. The molecule has 0 spiro atoms. The molecule has 2 aliphatic rings. The van der Waals surface area contributed by atoms with E-state index in [1.165, 1.54) is 0 Å². The van der Waals surface area contributed by atoms with Gasteiger partial charge in [0.2, 0.25) is 5.91 Å². The van der Waals surface area contributed by atoms with Crippen LogP contribution >= 0.6 is 0 Å². The Hall–Kier alpha value is -3.02. The molecule has 25 heavy (non-hydrogen) atoms. The lowest BCUT2D eigenvalue weighted by molar-refractivity contribution is -0.117. The molecule has 0 saturated carbocycles. The van der Waals surface area contributed by atoms with Gasteiger partial charge in [0, 0.05) is 18.2 Å². The first kappa shape index (κ1) is 15.5. The van der Waals surface area contributed by atoms with Crippen molar-refractivity contribution < 1.29 is 14.3 Å².